The smallest absolute Gasteiger partial charge is 0.118 e. The third-order valence-electron chi connectivity index (χ3n) is 1.50. The van der Waals surface area contributed by atoms with E-state index in [0.29, 0.717) is 0 Å². The molecule has 0 saturated heterocycles. The van der Waals surface area contributed by atoms with Crippen molar-refractivity contribution in [2.24, 2.45) is 0 Å². The predicted octanol–water partition coefficient (Wildman–Crippen LogP) is 2.54. The standard InChI is InChI=1S/C10H11O/c1-8(2)9-4-6-10(11-3)7-5-9/h4-7H,1-2H2,3H3. The van der Waals surface area contributed by atoms with E-state index in [9.17, 15) is 0 Å². The van der Waals surface area contributed by atoms with Crippen molar-refractivity contribution in [3.63, 3.8) is 0 Å². The molecule has 1 heteroatoms. The van der Waals surface area contributed by atoms with Crippen LogP contribution in [-0.4, -0.2) is 7.11 Å². The zero-order valence-electron chi connectivity index (χ0n) is 6.63. The summed E-state index contributed by atoms with van der Waals surface area (Å²) in [6, 6.07) is 7.67. The highest BCUT2D eigenvalue weighted by Gasteiger charge is 1.92. The van der Waals surface area contributed by atoms with Gasteiger partial charge in [-0.15, -0.1) is 0 Å². The van der Waals surface area contributed by atoms with Gasteiger partial charge in [0, 0.05) is 0 Å². The summed E-state index contributed by atoms with van der Waals surface area (Å²) in [7, 11) is 1.65. The summed E-state index contributed by atoms with van der Waals surface area (Å²) >= 11 is 0. The topological polar surface area (TPSA) is 9.23 Å². The van der Waals surface area contributed by atoms with Crippen LogP contribution in [-0.2, 0) is 0 Å². The maximum Gasteiger partial charge on any atom is 0.118 e. The van der Waals surface area contributed by atoms with E-state index < -0.39 is 0 Å². The lowest BCUT2D eigenvalue weighted by Gasteiger charge is -2.01. The van der Waals surface area contributed by atoms with Gasteiger partial charge in [0.25, 0.3) is 0 Å². The van der Waals surface area contributed by atoms with Crippen LogP contribution in [0.1, 0.15) is 5.56 Å². The Bertz CT molecular complexity index is 246. The van der Waals surface area contributed by atoms with E-state index in [1.807, 2.05) is 24.3 Å². The minimum atomic E-state index is 0.827. The molecule has 0 unspecified atom stereocenters. The van der Waals surface area contributed by atoms with Crippen molar-refractivity contribution in [3.05, 3.63) is 43.3 Å². The lowest BCUT2D eigenvalue weighted by molar-refractivity contribution is 0.415. The Hall–Kier alpha value is -1.24. The van der Waals surface area contributed by atoms with Crippen molar-refractivity contribution in [2.75, 3.05) is 7.11 Å². The highest BCUT2D eigenvalue weighted by atomic mass is 16.5. The van der Waals surface area contributed by atoms with Gasteiger partial charge in [-0.25, -0.2) is 0 Å². The van der Waals surface area contributed by atoms with Crippen LogP contribution in [0.5, 0.6) is 5.75 Å². The number of rotatable bonds is 2. The van der Waals surface area contributed by atoms with E-state index in [1.165, 1.54) is 0 Å². The van der Waals surface area contributed by atoms with E-state index in [2.05, 4.69) is 13.5 Å². The molecule has 1 aromatic rings. The van der Waals surface area contributed by atoms with Crippen molar-refractivity contribution >= 4 is 5.57 Å². The molecule has 1 aromatic carbocycles. The Morgan fingerprint density at radius 1 is 1.27 bits per heavy atom. The van der Waals surface area contributed by atoms with Crippen molar-refractivity contribution in [1.82, 2.24) is 0 Å². The number of hydrogen-bond donors (Lipinski definition) is 0. The summed E-state index contributed by atoms with van der Waals surface area (Å²) in [6.07, 6.45) is 0. The Kier molecular flexibility index (Phi) is 2.32. The van der Waals surface area contributed by atoms with Crippen molar-refractivity contribution < 1.29 is 4.74 Å². The Morgan fingerprint density at radius 3 is 2.18 bits per heavy atom. The second-order valence-electron chi connectivity index (χ2n) is 2.33. The summed E-state index contributed by atoms with van der Waals surface area (Å²) in [5.41, 5.74) is 1.87. The molecule has 0 atom stereocenters. The molecule has 0 heterocycles. The van der Waals surface area contributed by atoms with Gasteiger partial charge in [-0.2, -0.15) is 0 Å². The fourth-order valence-electron chi connectivity index (χ4n) is 0.827. The first kappa shape index (κ1) is 7.86. The second-order valence-corrected chi connectivity index (χ2v) is 2.33. The normalized spacial score (nSPS) is 9.27. The molecule has 0 aromatic heterocycles. The summed E-state index contributed by atoms with van der Waals surface area (Å²) in [6.45, 7) is 7.46. The molecule has 0 fully saturated rings. The summed E-state index contributed by atoms with van der Waals surface area (Å²) < 4.78 is 5.00. The van der Waals surface area contributed by atoms with E-state index in [4.69, 9.17) is 4.74 Å². The van der Waals surface area contributed by atoms with Crippen molar-refractivity contribution in [3.8, 4) is 5.75 Å². The molecule has 1 radical (unpaired) electrons. The quantitative estimate of drug-likeness (QED) is 0.624. The number of ether oxygens (including phenoxy) is 1. The SMILES string of the molecule is [CH2]C(=C)c1ccc(OC)cc1. The number of methoxy groups -OCH3 is 1. The number of allylic oxidation sites excluding steroid dienone is 1. The molecule has 11 heavy (non-hydrogen) atoms. The third kappa shape index (κ3) is 1.84. The van der Waals surface area contributed by atoms with Crippen LogP contribution in [0.2, 0.25) is 0 Å². The van der Waals surface area contributed by atoms with Gasteiger partial charge in [-0.3, -0.25) is 0 Å². The first-order chi connectivity index (χ1) is 5.24. The monoisotopic (exact) mass is 147 g/mol. The van der Waals surface area contributed by atoms with Crippen LogP contribution in [0.4, 0.5) is 0 Å². The molecular weight excluding hydrogens is 136 g/mol. The molecule has 0 saturated carbocycles. The molecule has 0 aliphatic carbocycles. The summed E-state index contributed by atoms with van der Waals surface area (Å²) in [5.74, 6) is 0.856. The first-order valence-electron chi connectivity index (χ1n) is 3.39. The van der Waals surface area contributed by atoms with E-state index in [-0.39, 0.29) is 0 Å². The number of hydrogen-bond acceptors (Lipinski definition) is 1. The minimum absolute atomic E-state index is 0.827. The largest absolute Gasteiger partial charge is 0.497 e. The van der Waals surface area contributed by atoms with Crippen LogP contribution in [0, 0.1) is 6.92 Å². The summed E-state index contributed by atoms with van der Waals surface area (Å²) in [4.78, 5) is 0. The third-order valence-corrected chi connectivity index (χ3v) is 1.50. The first-order valence-corrected chi connectivity index (χ1v) is 3.39. The van der Waals surface area contributed by atoms with Crippen LogP contribution in [0.3, 0.4) is 0 Å². The molecule has 0 amide bonds. The Balaban J connectivity index is 2.91. The van der Waals surface area contributed by atoms with Gasteiger partial charge in [-0.1, -0.05) is 18.7 Å². The maximum atomic E-state index is 5.00. The zero-order chi connectivity index (χ0) is 8.27. The predicted molar refractivity (Wildman–Crippen MR) is 47.4 cm³/mol. The average Bonchev–Trinajstić information content (AvgIpc) is 2.05. The maximum absolute atomic E-state index is 5.00. The van der Waals surface area contributed by atoms with Gasteiger partial charge < -0.3 is 4.74 Å². The average molecular weight is 147 g/mol. The molecular formula is C10H11O. The van der Waals surface area contributed by atoms with Crippen LogP contribution >= 0.6 is 0 Å². The molecule has 0 bridgehead atoms. The minimum Gasteiger partial charge on any atom is -0.497 e. The molecule has 0 aliphatic rings. The van der Waals surface area contributed by atoms with Crippen molar-refractivity contribution in [2.45, 2.75) is 0 Å². The van der Waals surface area contributed by atoms with Gasteiger partial charge in [0.2, 0.25) is 0 Å². The van der Waals surface area contributed by atoms with Gasteiger partial charge in [0.1, 0.15) is 5.75 Å². The van der Waals surface area contributed by atoms with Gasteiger partial charge in [-0.05, 0) is 30.2 Å². The molecule has 1 nitrogen and oxygen atoms in total. The highest BCUT2D eigenvalue weighted by Crippen LogP contribution is 2.15. The zero-order valence-corrected chi connectivity index (χ0v) is 6.63. The fraction of sp³-hybridized carbons (Fsp3) is 0.100. The Morgan fingerprint density at radius 2 is 1.82 bits per heavy atom. The van der Waals surface area contributed by atoms with E-state index >= 15 is 0 Å². The van der Waals surface area contributed by atoms with Crippen LogP contribution in [0.15, 0.2) is 30.8 Å². The van der Waals surface area contributed by atoms with E-state index in [0.717, 1.165) is 16.9 Å². The molecule has 57 valence electrons. The number of benzene rings is 1. The molecule has 0 aliphatic heterocycles. The van der Waals surface area contributed by atoms with Gasteiger partial charge in [0.05, 0.1) is 7.11 Å². The second kappa shape index (κ2) is 3.24. The Labute approximate surface area is 67.3 Å². The highest BCUT2D eigenvalue weighted by molar-refractivity contribution is 5.66. The molecule has 1 rings (SSSR count). The van der Waals surface area contributed by atoms with Gasteiger partial charge in [0.15, 0.2) is 0 Å². The lowest BCUT2D eigenvalue weighted by Crippen LogP contribution is -1.82. The van der Waals surface area contributed by atoms with Crippen molar-refractivity contribution in [1.29, 1.82) is 0 Å². The fourth-order valence-corrected chi connectivity index (χ4v) is 0.827. The van der Waals surface area contributed by atoms with E-state index in [1.54, 1.807) is 7.11 Å². The van der Waals surface area contributed by atoms with Crippen LogP contribution in [0.25, 0.3) is 5.57 Å². The van der Waals surface area contributed by atoms with Gasteiger partial charge >= 0.3 is 0 Å². The lowest BCUT2D eigenvalue weighted by atomic mass is 10.1. The molecule has 0 spiro atoms. The summed E-state index contributed by atoms with van der Waals surface area (Å²) in [5, 5.41) is 0. The van der Waals surface area contributed by atoms with Crippen LogP contribution < -0.4 is 4.74 Å². The molecule has 0 N–H and O–H groups in total.